The number of aromatic amines is 1. The van der Waals surface area contributed by atoms with E-state index >= 15 is 0 Å². The molecule has 0 aromatic carbocycles. The molecule has 108 valence electrons. The van der Waals surface area contributed by atoms with Gasteiger partial charge in [-0.15, -0.1) is 0 Å². The van der Waals surface area contributed by atoms with Crippen LogP contribution in [0.5, 0.6) is 0 Å². The van der Waals surface area contributed by atoms with Gasteiger partial charge in [0.2, 0.25) is 0 Å². The van der Waals surface area contributed by atoms with Crippen molar-refractivity contribution in [1.82, 2.24) is 15.5 Å². The Hall–Kier alpha value is -2.18. The highest BCUT2D eigenvalue weighted by molar-refractivity contribution is 5.98. The number of hydrogen-bond donors (Lipinski definition) is 3. The van der Waals surface area contributed by atoms with E-state index in [9.17, 15) is 19.5 Å². The Balaban J connectivity index is 2.36. The van der Waals surface area contributed by atoms with Gasteiger partial charge in [0.1, 0.15) is 11.1 Å². The van der Waals surface area contributed by atoms with Crippen LogP contribution in [0.25, 0.3) is 0 Å². The van der Waals surface area contributed by atoms with Gasteiger partial charge in [-0.3, -0.25) is 9.59 Å². The van der Waals surface area contributed by atoms with Crippen molar-refractivity contribution in [3.63, 3.8) is 0 Å². The third kappa shape index (κ3) is 2.31. The number of amides is 1. The number of nitrogens with one attached hydrogen (secondary N) is 2. The molecule has 1 aromatic heterocycles. The van der Waals surface area contributed by atoms with Crippen LogP contribution in [0.2, 0.25) is 0 Å². The number of hydrogen-bond acceptors (Lipinski definition) is 4. The molecule has 1 aromatic rings. The van der Waals surface area contributed by atoms with Gasteiger partial charge in [0.15, 0.2) is 0 Å². The molecule has 1 saturated carbocycles. The van der Waals surface area contributed by atoms with E-state index in [1.165, 1.54) is 0 Å². The van der Waals surface area contributed by atoms with Crippen LogP contribution in [-0.2, 0) is 4.79 Å². The predicted molar refractivity (Wildman–Crippen MR) is 70.6 cm³/mol. The first-order valence-corrected chi connectivity index (χ1v) is 6.49. The van der Waals surface area contributed by atoms with Crippen LogP contribution in [0.4, 0.5) is 0 Å². The Bertz CT molecular complexity index is 615. The molecule has 0 aliphatic heterocycles. The number of rotatable bonds is 3. The van der Waals surface area contributed by atoms with E-state index in [4.69, 9.17) is 0 Å². The van der Waals surface area contributed by atoms with Crippen LogP contribution in [0.15, 0.2) is 4.79 Å². The summed E-state index contributed by atoms with van der Waals surface area (Å²) in [6.45, 7) is 3.29. The van der Waals surface area contributed by atoms with Gasteiger partial charge < -0.3 is 10.4 Å². The molecule has 20 heavy (non-hydrogen) atoms. The zero-order valence-corrected chi connectivity index (χ0v) is 11.4. The fraction of sp³-hybridized carbons (Fsp3) is 0.538. The average molecular weight is 279 g/mol. The third-order valence-corrected chi connectivity index (χ3v) is 3.92. The van der Waals surface area contributed by atoms with Gasteiger partial charge in [0.05, 0.1) is 5.69 Å². The number of carboxylic acid groups (broad SMARTS) is 1. The molecule has 0 unspecified atom stereocenters. The maximum atomic E-state index is 12.3. The normalized spacial score (nSPS) is 16.9. The Labute approximate surface area is 115 Å². The van der Waals surface area contributed by atoms with Crippen LogP contribution in [0.1, 0.15) is 47.3 Å². The van der Waals surface area contributed by atoms with E-state index < -0.39 is 23.0 Å². The molecule has 7 nitrogen and oxygen atoms in total. The Kier molecular flexibility index (Phi) is 3.61. The van der Waals surface area contributed by atoms with E-state index in [2.05, 4.69) is 15.5 Å². The zero-order valence-electron chi connectivity index (χ0n) is 11.4. The summed E-state index contributed by atoms with van der Waals surface area (Å²) < 4.78 is 0. The van der Waals surface area contributed by atoms with Crippen LogP contribution < -0.4 is 10.9 Å². The van der Waals surface area contributed by atoms with E-state index in [-0.39, 0.29) is 5.56 Å². The molecule has 1 fully saturated rings. The molecule has 1 aliphatic rings. The maximum Gasteiger partial charge on any atom is 0.329 e. The first-order chi connectivity index (χ1) is 9.37. The van der Waals surface area contributed by atoms with Gasteiger partial charge in [-0.05, 0) is 32.3 Å². The summed E-state index contributed by atoms with van der Waals surface area (Å²) in [5.74, 6) is -1.71. The topological polar surface area (TPSA) is 112 Å². The van der Waals surface area contributed by atoms with Gasteiger partial charge in [-0.1, -0.05) is 12.8 Å². The van der Waals surface area contributed by atoms with E-state index in [0.29, 0.717) is 24.1 Å². The second kappa shape index (κ2) is 5.07. The lowest BCUT2D eigenvalue weighted by molar-refractivity contribution is -0.144. The van der Waals surface area contributed by atoms with Crippen LogP contribution in [0, 0.1) is 13.8 Å². The van der Waals surface area contributed by atoms with Crippen molar-refractivity contribution in [3.8, 4) is 0 Å². The molecule has 3 N–H and O–H groups in total. The second-order valence-electron chi connectivity index (χ2n) is 5.19. The highest BCUT2D eigenvalue weighted by Crippen LogP contribution is 2.30. The number of aryl methyl sites for hydroxylation is 1. The Morgan fingerprint density at radius 3 is 2.45 bits per heavy atom. The molecule has 7 heteroatoms. The molecule has 2 rings (SSSR count). The van der Waals surface area contributed by atoms with E-state index in [1.54, 1.807) is 13.8 Å². The monoisotopic (exact) mass is 279 g/mol. The molecule has 0 bridgehead atoms. The van der Waals surface area contributed by atoms with Gasteiger partial charge in [-0.2, -0.15) is 5.10 Å². The van der Waals surface area contributed by atoms with Crippen LogP contribution in [-0.4, -0.2) is 32.7 Å². The van der Waals surface area contributed by atoms with Gasteiger partial charge in [0, 0.05) is 0 Å². The van der Waals surface area contributed by atoms with Crippen LogP contribution in [0.3, 0.4) is 0 Å². The van der Waals surface area contributed by atoms with Crippen molar-refractivity contribution in [2.75, 3.05) is 0 Å². The Morgan fingerprint density at radius 1 is 1.30 bits per heavy atom. The molecule has 0 atom stereocenters. The van der Waals surface area contributed by atoms with Crippen molar-refractivity contribution in [1.29, 1.82) is 0 Å². The lowest BCUT2D eigenvalue weighted by Crippen LogP contribution is -2.53. The molecule has 1 aliphatic carbocycles. The van der Waals surface area contributed by atoms with Crippen molar-refractivity contribution < 1.29 is 14.7 Å². The summed E-state index contributed by atoms with van der Waals surface area (Å²) in [6, 6.07) is 0. The number of carbonyl (C=O) groups is 2. The molecular formula is C13H17N3O4. The predicted octanol–water partition coefficient (Wildman–Crippen LogP) is 0.514. The minimum Gasteiger partial charge on any atom is -0.480 e. The summed E-state index contributed by atoms with van der Waals surface area (Å²) in [5, 5.41) is 17.9. The number of nitrogens with zero attached hydrogens (tertiary/aromatic N) is 1. The van der Waals surface area contributed by atoms with E-state index in [1.807, 2.05) is 0 Å². The summed E-state index contributed by atoms with van der Waals surface area (Å²) in [4.78, 5) is 35.5. The SMILES string of the molecule is Cc1n[nH]c(=O)c(C(=O)NC2(C(=O)O)CCCC2)c1C. The zero-order chi connectivity index (χ0) is 14.9. The quantitative estimate of drug-likeness (QED) is 0.746. The number of carboxylic acids is 1. The Morgan fingerprint density at radius 2 is 1.90 bits per heavy atom. The van der Waals surface area contributed by atoms with Gasteiger partial charge in [-0.25, -0.2) is 9.89 Å². The molecule has 0 radical (unpaired) electrons. The van der Waals surface area contributed by atoms with Gasteiger partial charge in [0.25, 0.3) is 11.5 Å². The first kappa shape index (κ1) is 14.2. The minimum atomic E-state index is -1.26. The molecule has 0 spiro atoms. The molecular weight excluding hydrogens is 262 g/mol. The average Bonchev–Trinajstić information content (AvgIpc) is 2.84. The largest absolute Gasteiger partial charge is 0.480 e. The van der Waals surface area contributed by atoms with E-state index in [0.717, 1.165) is 12.8 Å². The number of aliphatic carboxylic acids is 1. The number of aromatic nitrogens is 2. The highest BCUT2D eigenvalue weighted by atomic mass is 16.4. The van der Waals surface area contributed by atoms with Gasteiger partial charge >= 0.3 is 5.97 Å². The molecule has 0 saturated heterocycles. The lowest BCUT2D eigenvalue weighted by atomic mass is 9.96. The van der Waals surface area contributed by atoms with Crippen molar-refractivity contribution in [2.24, 2.45) is 0 Å². The van der Waals surface area contributed by atoms with Crippen molar-refractivity contribution in [2.45, 2.75) is 45.1 Å². The summed E-state index contributed by atoms with van der Waals surface area (Å²) >= 11 is 0. The smallest absolute Gasteiger partial charge is 0.329 e. The van der Waals surface area contributed by atoms with Crippen LogP contribution >= 0.6 is 0 Å². The molecule has 1 heterocycles. The standard InChI is InChI=1S/C13H17N3O4/c1-7-8(2)15-16-11(18)9(7)10(17)14-13(12(19)20)5-3-4-6-13/h3-6H2,1-2H3,(H,14,17)(H,16,18)(H,19,20). The summed E-state index contributed by atoms with van der Waals surface area (Å²) in [6.07, 6.45) is 2.26. The minimum absolute atomic E-state index is 0.0648. The second-order valence-corrected chi connectivity index (χ2v) is 5.19. The lowest BCUT2D eigenvalue weighted by Gasteiger charge is -2.25. The third-order valence-electron chi connectivity index (χ3n) is 3.92. The summed E-state index contributed by atoms with van der Waals surface area (Å²) in [7, 11) is 0. The fourth-order valence-electron chi connectivity index (χ4n) is 2.55. The fourth-order valence-corrected chi connectivity index (χ4v) is 2.55. The number of carbonyl (C=O) groups excluding carboxylic acids is 1. The van der Waals surface area contributed by atoms with Crippen molar-refractivity contribution >= 4 is 11.9 Å². The number of H-pyrrole nitrogens is 1. The van der Waals surface area contributed by atoms with Crippen molar-refractivity contribution in [3.05, 3.63) is 27.2 Å². The first-order valence-electron chi connectivity index (χ1n) is 6.49. The molecule has 1 amide bonds. The highest BCUT2D eigenvalue weighted by Gasteiger charge is 2.43. The maximum absolute atomic E-state index is 12.3. The summed E-state index contributed by atoms with van der Waals surface area (Å²) in [5.41, 5.74) is -0.933.